The molecule has 1 fully saturated rings. The molecule has 0 spiro atoms. The maximum Gasteiger partial charge on any atom is 0.254 e. The number of hydrogen-bond donors (Lipinski definition) is 0. The van der Waals surface area contributed by atoms with Gasteiger partial charge in [0.15, 0.2) is 5.78 Å². The highest BCUT2D eigenvalue weighted by Crippen LogP contribution is 2.28. The van der Waals surface area contributed by atoms with Gasteiger partial charge in [-0.05, 0) is 38.8 Å². The second kappa shape index (κ2) is 4.56. The molecule has 0 bridgehead atoms. The van der Waals surface area contributed by atoms with Gasteiger partial charge in [-0.2, -0.15) is 0 Å². The number of aryl methyl sites for hydroxylation is 1. The van der Waals surface area contributed by atoms with Crippen molar-refractivity contribution >= 4 is 11.7 Å². The first kappa shape index (κ1) is 12.8. The molecule has 0 atom stereocenters. The lowest BCUT2D eigenvalue weighted by molar-refractivity contribution is -0.124. The van der Waals surface area contributed by atoms with Crippen molar-refractivity contribution in [3.8, 4) is 0 Å². The van der Waals surface area contributed by atoms with Gasteiger partial charge < -0.3 is 4.90 Å². The summed E-state index contributed by atoms with van der Waals surface area (Å²) < 4.78 is 0. The fraction of sp³-hybridized carbons (Fsp3) is 0.467. The first-order valence-electron chi connectivity index (χ1n) is 6.31. The number of hydrogen-bond acceptors (Lipinski definition) is 2. The van der Waals surface area contributed by atoms with Gasteiger partial charge in [0.05, 0.1) is 6.54 Å². The van der Waals surface area contributed by atoms with E-state index in [-0.39, 0.29) is 23.8 Å². The number of amides is 1. The zero-order chi connectivity index (χ0) is 13.3. The molecule has 1 amide bonds. The Morgan fingerprint density at radius 3 is 2.61 bits per heavy atom. The van der Waals surface area contributed by atoms with Crippen LogP contribution in [-0.4, -0.2) is 28.7 Å². The third kappa shape index (κ3) is 2.30. The summed E-state index contributed by atoms with van der Waals surface area (Å²) in [5.74, 6) is 0.113. The van der Waals surface area contributed by atoms with E-state index < -0.39 is 0 Å². The van der Waals surface area contributed by atoms with Crippen molar-refractivity contribution in [2.75, 3.05) is 6.54 Å². The zero-order valence-corrected chi connectivity index (χ0v) is 11.2. The molecule has 96 valence electrons. The molecule has 0 N–H and O–H groups in total. The number of rotatable bonds is 1. The summed E-state index contributed by atoms with van der Waals surface area (Å²) in [6, 6.07) is 7.52. The molecule has 0 radical (unpaired) electrons. The summed E-state index contributed by atoms with van der Waals surface area (Å²) in [6.07, 6.45) is 1.31. The normalized spacial score (nSPS) is 18.8. The van der Waals surface area contributed by atoms with Crippen LogP contribution in [-0.2, 0) is 4.79 Å². The van der Waals surface area contributed by atoms with Crippen LogP contribution >= 0.6 is 0 Å². The Bertz CT molecular complexity index is 491. The van der Waals surface area contributed by atoms with Crippen molar-refractivity contribution < 1.29 is 9.59 Å². The fourth-order valence-electron chi connectivity index (χ4n) is 2.35. The van der Waals surface area contributed by atoms with Crippen molar-refractivity contribution in [3.05, 3.63) is 35.4 Å². The van der Waals surface area contributed by atoms with Crippen molar-refractivity contribution in [1.29, 1.82) is 0 Å². The molecule has 0 aromatic heterocycles. The Balaban J connectivity index is 2.33. The summed E-state index contributed by atoms with van der Waals surface area (Å²) in [4.78, 5) is 25.9. The Morgan fingerprint density at radius 2 is 1.94 bits per heavy atom. The summed E-state index contributed by atoms with van der Waals surface area (Å²) >= 11 is 0. The van der Waals surface area contributed by atoms with Gasteiger partial charge in [-0.3, -0.25) is 9.59 Å². The summed E-state index contributed by atoms with van der Waals surface area (Å²) in [5, 5.41) is 0. The van der Waals surface area contributed by atoms with Crippen molar-refractivity contribution in [2.24, 2.45) is 0 Å². The van der Waals surface area contributed by atoms with E-state index in [2.05, 4.69) is 0 Å². The van der Waals surface area contributed by atoms with Crippen LogP contribution in [0.15, 0.2) is 24.3 Å². The quantitative estimate of drug-likeness (QED) is 0.762. The number of ketones is 1. The molecule has 18 heavy (non-hydrogen) atoms. The van der Waals surface area contributed by atoms with Gasteiger partial charge in [0, 0.05) is 17.5 Å². The Hall–Kier alpha value is -1.64. The second-order valence-corrected chi connectivity index (χ2v) is 5.56. The predicted octanol–water partition coefficient (Wildman–Crippen LogP) is 2.58. The smallest absolute Gasteiger partial charge is 0.254 e. The van der Waals surface area contributed by atoms with Gasteiger partial charge in [-0.15, -0.1) is 0 Å². The number of carbonyl (C=O) groups excluding carboxylic acids is 2. The van der Waals surface area contributed by atoms with E-state index in [9.17, 15) is 9.59 Å². The van der Waals surface area contributed by atoms with E-state index in [1.54, 1.807) is 4.90 Å². The van der Waals surface area contributed by atoms with Gasteiger partial charge in [-0.25, -0.2) is 0 Å². The number of piperidine rings is 1. The van der Waals surface area contributed by atoms with Crippen LogP contribution in [0.25, 0.3) is 0 Å². The lowest BCUT2D eigenvalue weighted by Gasteiger charge is -2.42. The third-order valence-corrected chi connectivity index (χ3v) is 3.70. The van der Waals surface area contributed by atoms with E-state index in [4.69, 9.17) is 0 Å². The number of likely N-dealkylation sites (tertiary alicyclic amines) is 1. The minimum atomic E-state index is -0.243. The highest BCUT2D eigenvalue weighted by Gasteiger charge is 2.37. The van der Waals surface area contributed by atoms with Crippen molar-refractivity contribution in [2.45, 2.75) is 39.2 Å². The fourth-order valence-corrected chi connectivity index (χ4v) is 2.35. The first-order valence-corrected chi connectivity index (χ1v) is 6.31. The van der Waals surface area contributed by atoms with Gasteiger partial charge in [-0.1, -0.05) is 18.2 Å². The van der Waals surface area contributed by atoms with E-state index in [1.165, 1.54) is 0 Å². The second-order valence-electron chi connectivity index (χ2n) is 5.56. The topological polar surface area (TPSA) is 37.4 Å². The SMILES string of the molecule is Cc1ccccc1C(=O)N1CC(=O)CCC1(C)C. The first-order chi connectivity index (χ1) is 8.42. The standard InChI is InChI=1S/C15H19NO2/c1-11-6-4-5-7-13(11)14(18)16-10-12(17)8-9-15(16,2)3/h4-7H,8-10H2,1-3H3. The van der Waals surface area contributed by atoms with Crippen LogP contribution in [0, 0.1) is 6.92 Å². The molecule has 0 aliphatic carbocycles. The molecule has 1 aromatic carbocycles. The molecular weight excluding hydrogens is 226 g/mol. The van der Waals surface area contributed by atoms with E-state index in [0.29, 0.717) is 12.0 Å². The zero-order valence-electron chi connectivity index (χ0n) is 11.2. The van der Waals surface area contributed by atoms with Crippen LogP contribution < -0.4 is 0 Å². The lowest BCUT2D eigenvalue weighted by atomic mass is 9.89. The van der Waals surface area contributed by atoms with E-state index in [1.807, 2.05) is 45.0 Å². The Labute approximate surface area is 108 Å². The van der Waals surface area contributed by atoms with Crippen molar-refractivity contribution in [3.63, 3.8) is 0 Å². The predicted molar refractivity (Wildman–Crippen MR) is 70.5 cm³/mol. The van der Waals surface area contributed by atoms with Crippen LogP contribution in [0.1, 0.15) is 42.6 Å². The number of carbonyl (C=O) groups is 2. The molecule has 1 saturated heterocycles. The van der Waals surface area contributed by atoms with Crippen LogP contribution in [0.2, 0.25) is 0 Å². The summed E-state index contributed by atoms with van der Waals surface area (Å²) in [7, 11) is 0. The molecule has 0 saturated carbocycles. The number of benzene rings is 1. The monoisotopic (exact) mass is 245 g/mol. The molecule has 1 aromatic rings. The molecular formula is C15H19NO2. The molecule has 0 unspecified atom stereocenters. The maximum atomic E-state index is 12.6. The summed E-state index contributed by atoms with van der Waals surface area (Å²) in [6.45, 7) is 6.21. The molecule has 3 heteroatoms. The van der Waals surface area contributed by atoms with E-state index >= 15 is 0 Å². The average molecular weight is 245 g/mol. The summed E-state index contributed by atoms with van der Waals surface area (Å²) in [5.41, 5.74) is 1.41. The van der Waals surface area contributed by atoms with Crippen LogP contribution in [0.4, 0.5) is 0 Å². The molecule has 1 aliphatic heterocycles. The molecule has 1 aliphatic rings. The van der Waals surface area contributed by atoms with Gasteiger partial charge in [0.1, 0.15) is 0 Å². The lowest BCUT2D eigenvalue weighted by Crippen LogP contribution is -2.53. The highest BCUT2D eigenvalue weighted by atomic mass is 16.2. The van der Waals surface area contributed by atoms with Crippen LogP contribution in [0.5, 0.6) is 0 Å². The Morgan fingerprint density at radius 1 is 1.28 bits per heavy atom. The Kier molecular flexibility index (Phi) is 3.24. The number of Topliss-reactive ketones (excluding diaryl/α,β-unsaturated/α-hetero) is 1. The average Bonchev–Trinajstić information content (AvgIpc) is 2.32. The molecule has 2 rings (SSSR count). The number of nitrogens with zero attached hydrogens (tertiary/aromatic N) is 1. The van der Waals surface area contributed by atoms with Crippen LogP contribution in [0.3, 0.4) is 0 Å². The van der Waals surface area contributed by atoms with Gasteiger partial charge >= 0.3 is 0 Å². The molecule has 3 nitrogen and oxygen atoms in total. The largest absolute Gasteiger partial charge is 0.326 e. The van der Waals surface area contributed by atoms with Gasteiger partial charge in [0.2, 0.25) is 0 Å². The van der Waals surface area contributed by atoms with E-state index in [0.717, 1.165) is 12.0 Å². The molecule has 1 heterocycles. The third-order valence-electron chi connectivity index (χ3n) is 3.70. The maximum absolute atomic E-state index is 12.6. The minimum Gasteiger partial charge on any atom is -0.326 e. The highest BCUT2D eigenvalue weighted by molar-refractivity contribution is 5.99. The van der Waals surface area contributed by atoms with Crippen molar-refractivity contribution in [1.82, 2.24) is 4.90 Å². The minimum absolute atomic E-state index is 0.0360. The van der Waals surface area contributed by atoms with Gasteiger partial charge in [0.25, 0.3) is 5.91 Å².